The summed E-state index contributed by atoms with van der Waals surface area (Å²) < 4.78 is 25.6. The van der Waals surface area contributed by atoms with Crippen LogP contribution in [0.5, 0.6) is 0 Å². The summed E-state index contributed by atoms with van der Waals surface area (Å²) in [5.41, 5.74) is 0.644. The van der Waals surface area contributed by atoms with Crippen LogP contribution >= 0.6 is 12.2 Å². The van der Waals surface area contributed by atoms with Crippen LogP contribution < -0.4 is 10.6 Å². The van der Waals surface area contributed by atoms with Gasteiger partial charge in [0.15, 0.2) is 5.11 Å². The van der Waals surface area contributed by atoms with Gasteiger partial charge in [0.05, 0.1) is 4.90 Å². The van der Waals surface area contributed by atoms with E-state index >= 15 is 0 Å². The second-order valence-electron chi connectivity index (χ2n) is 6.62. The highest BCUT2D eigenvalue weighted by atomic mass is 32.2. The Bertz CT molecular complexity index is 665. The van der Waals surface area contributed by atoms with E-state index in [1.807, 2.05) is 0 Å². The van der Waals surface area contributed by atoms with Crippen molar-refractivity contribution >= 4 is 33.0 Å². The van der Waals surface area contributed by atoms with Gasteiger partial charge in [0.2, 0.25) is 10.0 Å². The summed E-state index contributed by atoms with van der Waals surface area (Å²) in [6, 6.07) is 7.57. The van der Waals surface area contributed by atoms with E-state index in [0.29, 0.717) is 22.9 Å². The average molecular weight is 387 g/mol. The van der Waals surface area contributed by atoms with Crippen LogP contribution in [-0.2, 0) is 10.0 Å². The van der Waals surface area contributed by atoms with Crippen molar-refractivity contribution < 1.29 is 8.42 Å². The maximum absolute atomic E-state index is 12.2. The van der Waals surface area contributed by atoms with Gasteiger partial charge in [0.25, 0.3) is 0 Å². The van der Waals surface area contributed by atoms with Gasteiger partial charge in [0.1, 0.15) is 0 Å². The van der Waals surface area contributed by atoms with Crippen LogP contribution in [0.1, 0.15) is 27.7 Å². The van der Waals surface area contributed by atoms with Crippen LogP contribution in [0.4, 0.5) is 5.69 Å². The molecule has 0 radical (unpaired) electrons. The number of hydrogen-bond acceptors (Lipinski definition) is 4. The van der Waals surface area contributed by atoms with Crippen LogP contribution in [0, 0.1) is 0 Å². The Balaban J connectivity index is 2.64. The molecule has 2 N–H and O–H groups in total. The third-order valence-electron chi connectivity index (χ3n) is 3.85. The first-order valence-corrected chi connectivity index (χ1v) is 10.2. The minimum atomic E-state index is -3.46. The predicted octanol–water partition coefficient (Wildman–Crippen LogP) is 2.34. The van der Waals surface area contributed by atoms with Gasteiger partial charge in [-0.3, -0.25) is 4.90 Å². The predicted molar refractivity (Wildman–Crippen MR) is 109 cm³/mol. The van der Waals surface area contributed by atoms with Crippen molar-refractivity contribution in [3.63, 3.8) is 0 Å². The molecular weight excluding hydrogens is 356 g/mol. The summed E-state index contributed by atoms with van der Waals surface area (Å²) in [6.07, 6.45) is 0. The SMILES string of the molecule is CC(C)N(CCNC(=S)Nc1cccc(S(=O)(=O)N(C)C)c1)C(C)C. The van der Waals surface area contributed by atoms with Gasteiger partial charge in [-0.25, -0.2) is 12.7 Å². The highest BCUT2D eigenvalue weighted by Gasteiger charge is 2.17. The van der Waals surface area contributed by atoms with Gasteiger partial charge in [-0.1, -0.05) is 6.07 Å². The summed E-state index contributed by atoms with van der Waals surface area (Å²) >= 11 is 5.31. The monoisotopic (exact) mass is 386 g/mol. The van der Waals surface area contributed by atoms with Crippen molar-refractivity contribution in [1.82, 2.24) is 14.5 Å². The van der Waals surface area contributed by atoms with E-state index < -0.39 is 10.0 Å². The van der Waals surface area contributed by atoms with Crippen molar-refractivity contribution in [3.05, 3.63) is 24.3 Å². The van der Waals surface area contributed by atoms with E-state index in [1.165, 1.54) is 18.4 Å². The number of thiocarbonyl (C=S) groups is 1. The minimum Gasteiger partial charge on any atom is -0.361 e. The standard InChI is InChI=1S/C17H30N4O2S2/c1-13(2)21(14(3)4)11-10-18-17(24)19-15-8-7-9-16(12-15)25(22,23)20(5)6/h7-9,12-14H,10-11H2,1-6H3,(H2,18,19,24). The molecule has 1 aromatic rings. The van der Waals surface area contributed by atoms with Crippen LogP contribution in [0.15, 0.2) is 29.2 Å². The second-order valence-corrected chi connectivity index (χ2v) is 9.18. The zero-order valence-electron chi connectivity index (χ0n) is 15.9. The Labute approximate surface area is 157 Å². The van der Waals surface area contributed by atoms with Gasteiger partial charge in [0, 0.05) is 45.0 Å². The van der Waals surface area contributed by atoms with E-state index in [-0.39, 0.29) is 4.90 Å². The van der Waals surface area contributed by atoms with E-state index in [2.05, 4.69) is 43.2 Å². The van der Waals surface area contributed by atoms with E-state index in [0.717, 1.165) is 13.1 Å². The summed E-state index contributed by atoms with van der Waals surface area (Å²) in [4.78, 5) is 2.61. The molecule has 142 valence electrons. The number of hydrogen-bond donors (Lipinski definition) is 2. The molecule has 0 unspecified atom stereocenters. The Kier molecular flexibility index (Phi) is 8.27. The number of nitrogens with zero attached hydrogens (tertiary/aromatic N) is 2. The molecule has 1 rings (SSSR count). The summed E-state index contributed by atoms with van der Waals surface area (Å²) in [7, 11) is -0.438. The molecule has 0 heterocycles. The lowest BCUT2D eigenvalue weighted by Crippen LogP contribution is -2.43. The molecule has 0 aliphatic carbocycles. The maximum atomic E-state index is 12.2. The largest absolute Gasteiger partial charge is 0.361 e. The molecule has 0 aliphatic rings. The Morgan fingerprint density at radius 1 is 1.16 bits per heavy atom. The van der Waals surface area contributed by atoms with Crippen molar-refractivity contribution in [2.24, 2.45) is 0 Å². The van der Waals surface area contributed by atoms with Crippen molar-refractivity contribution in [3.8, 4) is 0 Å². The van der Waals surface area contributed by atoms with Crippen LogP contribution in [-0.4, -0.2) is 62.0 Å². The highest BCUT2D eigenvalue weighted by Crippen LogP contribution is 2.17. The average Bonchev–Trinajstić information content (AvgIpc) is 2.50. The molecule has 1 aromatic carbocycles. The van der Waals surface area contributed by atoms with Crippen LogP contribution in [0.25, 0.3) is 0 Å². The summed E-state index contributed by atoms with van der Waals surface area (Å²) in [5, 5.41) is 6.69. The van der Waals surface area contributed by atoms with Crippen LogP contribution in [0.2, 0.25) is 0 Å². The van der Waals surface area contributed by atoms with Gasteiger partial charge >= 0.3 is 0 Å². The number of sulfonamides is 1. The summed E-state index contributed by atoms with van der Waals surface area (Å²) in [5.74, 6) is 0. The fraction of sp³-hybridized carbons (Fsp3) is 0.588. The molecule has 0 saturated carbocycles. The van der Waals surface area contributed by atoms with E-state index in [4.69, 9.17) is 12.2 Å². The van der Waals surface area contributed by atoms with Crippen molar-refractivity contribution in [2.45, 2.75) is 44.7 Å². The van der Waals surface area contributed by atoms with Gasteiger partial charge in [-0.2, -0.15) is 0 Å². The first kappa shape index (κ1) is 21.8. The molecule has 0 aliphatic heterocycles. The molecular formula is C17H30N4O2S2. The molecule has 0 saturated heterocycles. The van der Waals surface area contributed by atoms with E-state index in [9.17, 15) is 8.42 Å². The van der Waals surface area contributed by atoms with Crippen molar-refractivity contribution in [2.75, 3.05) is 32.5 Å². The van der Waals surface area contributed by atoms with Gasteiger partial charge in [-0.05, 0) is 58.1 Å². The molecule has 0 spiro atoms. The molecule has 0 amide bonds. The lowest BCUT2D eigenvalue weighted by molar-refractivity contribution is 0.178. The topological polar surface area (TPSA) is 64.7 Å². The Hall–Kier alpha value is -1.22. The third kappa shape index (κ3) is 6.54. The Morgan fingerprint density at radius 2 is 1.76 bits per heavy atom. The minimum absolute atomic E-state index is 0.232. The number of nitrogens with one attached hydrogen (secondary N) is 2. The first-order chi connectivity index (χ1) is 11.6. The molecule has 0 bridgehead atoms. The number of anilines is 1. The number of benzene rings is 1. The maximum Gasteiger partial charge on any atom is 0.242 e. The van der Waals surface area contributed by atoms with Crippen LogP contribution in [0.3, 0.4) is 0 Å². The van der Waals surface area contributed by atoms with E-state index in [1.54, 1.807) is 24.3 Å². The molecule has 0 atom stereocenters. The number of rotatable bonds is 8. The smallest absolute Gasteiger partial charge is 0.242 e. The lowest BCUT2D eigenvalue weighted by Gasteiger charge is -2.30. The molecule has 25 heavy (non-hydrogen) atoms. The normalized spacial score (nSPS) is 12.2. The lowest BCUT2D eigenvalue weighted by atomic mass is 10.2. The fourth-order valence-electron chi connectivity index (χ4n) is 2.53. The second kappa shape index (κ2) is 9.47. The third-order valence-corrected chi connectivity index (χ3v) is 5.91. The molecule has 6 nitrogen and oxygen atoms in total. The molecule has 0 fully saturated rings. The quantitative estimate of drug-likeness (QED) is 0.669. The van der Waals surface area contributed by atoms with Gasteiger partial charge in [-0.15, -0.1) is 0 Å². The highest BCUT2D eigenvalue weighted by molar-refractivity contribution is 7.89. The zero-order valence-corrected chi connectivity index (χ0v) is 17.5. The first-order valence-electron chi connectivity index (χ1n) is 8.39. The molecule has 8 heteroatoms. The molecule has 0 aromatic heterocycles. The zero-order chi connectivity index (χ0) is 19.2. The summed E-state index contributed by atoms with van der Waals surface area (Å²) in [6.45, 7) is 10.3. The fourth-order valence-corrected chi connectivity index (χ4v) is 3.70. The van der Waals surface area contributed by atoms with Gasteiger partial charge < -0.3 is 10.6 Å². The Morgan fingerprint density at radius 3 is 2.28 bits per heavy atom. The van der Waals surface area contributed by atoms with Crippen molar-refractivity contribution in [1.29, 1.82) is 0 Å².